The van der Waals surface area contributed by atoms with E-state index in [1.165, 1.54) is 11.0 Å². The summed E-state index contributed by atoms with van der Waals surface area (Å²) in [5, 5.41) is 10.6. The highest BCUT2D eigenvalue weighted by molar-refractivity contribution is 6.27. The summed E-state index contributed by atoms with van der Waals surface area (Å²) in [6, 6.07) is 0. The summed E-state index contributed by atoms with van der Waals surface area (Å²) < 4.78 is 1.37. The van der Waals surface area contributed by atoms with Crippen LogP contribution in [-0.4, -0.2) is 73.9 Å². The first-order valence-corrected chi connectivity index (χ1v) is 6.06. The van der Waals surface area contributed by atoms with Crippen LogP contribution in [0, 0.1) is 0 Å². The highest BCUT2D eigenvalue weighted by Crippen LogP contribution is 2.04. The SMILES string of the molecule is O=C(CCl)N1CCN(C(=O)Cn2cnnn2)CC1. The van der Waals surface area contributed by atoms with Crippen LogP contribution >= 0.6 is 11.6 Å². The molecule has 0 N–H and O–H groups in total. The maximum atomic E-state index is 11.9. The molecule has 0 aromatic carbocycles. The summed E-state index contributed by atoms with van der Waals surface area (Å²) in [7, 11) is 0. The van der Waals surface area contributed by atoms with Gasteiger partial charge in [-0.05, 0) is 10.4 Å². The van der Waals surface area contributed by atoms with Crippen molar-refractivity contribution in [2.24, 2.45) is 0 Å². The van der Waals surface area contributed by atoms with Gasteiger partial charge in [-0.25, -0.2) is 4.68 Å². The molecule has 2 heterocycles. The van der Waals surface area contributed by atoms with Crippen molar-refractivity contribution in [3.8, 4) is 0 Å². The molecule has 1 aliphatic rings. The summed E-state index contributed by atoms with van der Waals surface area (Å²) in [5.74, 6) is -0.164. The Morgan fingerprint density at radius 1 is 1.11 bits per heavy atom. The number of hydrogen-bond donors (Lipinski definition) is 0. The Morgan fingerprint density at radius 2 is 1.72 bits per heavy atom. The fraction of sp³-hybridized carbons (Fsp3) is 0.667. The normalized spacial score (nSPS) is 15.8. The standard InChI is InChI=1S/C9H13ClN6O2/c10-5-8(17)14-1-3-15(4-2-14)9(18)6-16-7-11-12-13-16/h7H,1-6H2. The molecule has 0 radical (unpaired) electrons. The Kier molecular flexibility index (Phi) is 4.08. The molecule has 8 nitrogen and oxygen atoms in total. The van der Waals surface area contributed by atoms with Crippen molar-refractivity contribution in [1.29, 1.82) is 0 Å². The van der Waals surface area contributed by atoms with Crippen LogP contribution < -0.4 is 0 Å². The van der Waals surface area contributed by atoms with Gasteiger partial charge in [-0.1, -0.05) is 0 Å². The van der Waals surface area contributed by atoms with Gasteiger partial charge in [0.05, 0.1) is 0 Å². The Bertz CT molecular complexity index is 415. The molecule has 1 aliphatic heterocycles. The summed E-state index contributed by atoms with van der Waals surface area (Å²) in [5.41, 5.74) is 0. The van der Waals surface area contributed by atoms with Gasteiger partial charge in [-0.15, -0.1) is 16.7 Å². The highest BCUT2D eigenvalue weighted by atomic mass is 35.5. The molecular weight excluding hydrogens is 260 g/mol. The average molecular weight is 273 g/mol. The van der Waals surface area contributed by atoms with Gasteiger partial charge in [0, 0.05) is 26.2 Å². The fourth-order valence-corrected chi connectivity index (χ4v) is 1.95. The molecule has 0 aliphatic carbocycles. The molecule has 9 heteroatoms. The molecule has 0 unspecified atom stereocenters. The lowest BCUT2D eigenvalue weighted by Crippen LogP contribution is -2.51. The van der Waals surface area contributed by atoms with Gasteiger partial charge >= 0.3 is 0 Å². The maximum Gasteiger partial charge on any atom is 0.244 e. The molecule has 18 heavy (non-hydrogen) atoms. The first kappa shape index (κ1) is 12.7. The lowest BCUT2D eigenvalue weighted by Gasteiger charge is -2.34. The predicted molar refractivity (Wildman–Crippen MR) is 61.7 cm³/mol. The third kappa shape index (κ3) is 2.95. The van der Waals surface area contributed by atoms with E-state index in [2.05, 4.69) is 15.5 Å². The van der Waals surface area contributed by atoms with Crippen molar-refractivity contribution in [1.82, 2.24) is 30.0 Å². The number of carbonyl (C=O) groups excluding carboxylic acids is 2. The van der Waals surface area contributed by atoms with Gasteiger partial charge in [0.15, 0.2) is 0 Å². The number of rotatable bonds is 3. The van der Waals surface area contributed by atoms with Crippen LogP contribution in [0.4, 0.5) is 0 Å². The number of aromatic nitrogens is 4. The van der Waals surface area contributed by atoms with Gasteiger partial charge in [0.25, 0.3) is 0 Å². The molecule has 98 valence electrons. The van der Waals surface area contributed by atoms with Crippen molar-refractivity contribution in [3.63, 3.8) is 0 Å². The zero-order valence-corrected chi connectivity index (χ0v) is 10.5. The van der Waals surface area contributed by atoms with Gasteiger partial charge in [0.2, 0.25) is 11.8 Å². The predicted octanol–water partition coefficient (Wildman–Crippen LogP) is -1.42. The third-order valence-electron chi connectivity index (χ3n) is 2.79. The lowest BCUT2D eigenvalue weighted by atomic mass is 10.3. The van der Waals surface area contributed by atoms with Crippen LogP contribution in [0.15, 0.2) is 6.33 Å². The first-order chi connectivity index (χ1) is 8.70. The average Bonchev–Trinajstić information content (AvgIpc) is 2.91. The monoisotopic (exact) mass is 272 g/mol. The molecule has 1 aromatic heterocycles. The summed E-state index contributed by atoms with van der Waals surface area (Å²) in [6.45, 7) is 2.20. The van der Waals surface area contributed by atoms with Gasteiger partial charge in [-0.3, -0.25) is 9.59 Å². The minimum absolute atomic E-state index is 0.0153. The molecular formula is C9H13ClN6O2. The van der Waals surface area contributed by atoms with E-state index in [9.17, 15) is 9.59 Å². The van der Waals surface area contributed by atoms with E-state index in [0.717, 1.165) is 0 Å². The third-order valence-corrected chi connectivity index (χ3v) is 3.02. The smallest absolute Gasteiger partial charge is 0.244 e. The van der Waals surface area contributed by atoms with E-state index in [4.69, 9.17) is 11.6 Å². The van der Waals surface area contributed by atoms with Crippen LogP contribution in [0.5, 0.6) is 0 Å². The van der Waals surface area contributed by atoms with Crippen molar-refractivity contribution in [2.75, 3.05) is 32.1 Å². The number of alkyl halides is 1. The van der Waals surface area contributed by atoms with Crippen LogP contribution in [0.25, 0.3) is 0 Å². The van der Waals surface area contributed by atoms with Crippen molar-refractivity contribution >= 4 is 23.4 Å². The van der Waals surface area contributed by atoms with E-state index < -0.39 is 0 Å². The number of piperazine rings is 1. The second-order valence-corrected chi connectivity index (χ2v) is 4.17. The van der Waals surface area contributed by atoms with Crippen molar-refractivity contribution in [3.05, 3.63) is 6.33 Å². The number of hydrogen-bond acceptors (Lipinski definition) is 5. The van der Waals surface area contributed by atoms with Crippen molar-refractivity contribution < 1.29 is 9.59 Å². The molecule has 2 amide bonds. The Balaban J connectivity index is 1.82. The Hall–Kier alpha value is -1.70. The quantitative estimate of drug-likeness (QED) is 0.631. The van der Waals surface area contributed by atoms with Gasteiger partial charge in [0.1, 0.15) is 18.8 Å². The zero-order valence-electron chi connectivity index (χ0n) is 9.70. The molecule has 0 spiro atoms. The van der Waals surface area contributed by atoms with Crippen LogP contribution in [0.2, 0.25) is 0 Å². The summed E-state index contributed by atoms with van der Waals surface area (Å²) in [4.78, 5) is 26.6. The molecule has 0 saturated carbocycles. The highest BCUT2D eigenvalue weighted by Gasteiger charge is 2.23. The van der Waals surface area contributed by atoms with Crippen LogP contribution in [0.3, 0.4) is 0 Å². The number of amides is 2. The number of halogens is 1. The molecule has 1 aromatic rings. The maximum absolute atomic E-state index is 11.9. The van der Waals surface area contributed by atoms with Crippen molar-refractivity contribution in [2.45, 2.75) is 6.54 Å². The zero-order chi connectivity index (χ0) is 13.0. The van der Waals surface area contributed by atoms with E-state index in [-0.39, 0.29) is 24.2 Å². The second-order valence-electron chi connectivity index (χ2n) is 3.90. The largest absolute Gasteiger partial charge is 0.338 e. The molecule has 2 rings (SSSR count). The first-order valence-electron chi connectivity index (χ1n) is 5.53. The van der Waals surface area contributed by atoms with Crippen LogP contribution in [-0.2, 0) is 16.1 Å². The number of carbonyl (C=O) groups is 2. The van der Waals surface area contributed by atoms with E-state index in [1.807, 2.05) is 0 Å². The summed E-state index contributed by atoms with van der Waals surface area (Å²) in [6.07, 6.45) is 1.39. The number of tetrazole rings is 1. The lowest BCUT2D eigenvalue weighted by molar-refractivity contribution is -0.138. The van der Waals surface area contributed by atoms with Gasteiger partial charge < -0.3 is 9.80 Å². The molecule has 1 fully saturated rings. The molecule has 0 bridgehead atoms. The van der Waals surface area contributed by atoms with Crippen LogP contribution in [0.1, 0.15) is 0 Å². The molecule has 0 atom stereocenters. The Morgan fingerprint density at radius 3 is 2.22 bits per heavy atom. The van der Waals surface area contributed by atoms with E-state index in [0.29, 0.717) is 26.2 Å². The Labute approximate surface area is 108 Å². The van der Waals surface area contributed by atoms with E-state index in [1.54, 1.807) is 9.80 Å². The fourth-order valence-electron chi connectivity index (χ4n) is 1.78. The van der Waals surface area contributed by atoms with E-state index >= 15 is 0 Å². The summed E-state index contributed by atoms with van der Waals surface area (Å²) >= 11 is 5.48. The molecule has 1 saturated heterocycles. The topological polar surface area (TPSA) is 84.2 Å². The minimum atomic E-state index is -0.0933. The number of nitrogens with zero attached hydrogens (tertiary/aromatic N) is 6. The minimum Gasteiger partial charge on any atom is -0.338 e. The van der Waals surface area contributed by atoms with Gasteiger partial charge in [-0.2, -0.15) is 0 Å². The second kappa shape index (κ2) is 5.76.